The molecule has 4 aromatic carbocycles. The van der Waals surface area contributed by atoms with Crippen LogP contribution in [0, 0.1) is 7.05 Å². The van der Waals surface area contributed by atoms with Gasteiger partial charge in [0.2, 0.25) is 0 Å². The minimum Gasteiger partial charge on any atom is -0.457 e. The van der Waals surface area contributed by atoms with Crippen molar-refractivity contribution in [2.24, 2.45) is 0 Å². The van der Waals surface area contributed by atoms with Gasteiger partial charge in [-0.1, -0.05) is 68.4 Å². The van der Waals surface area contributed by atoms with Gasteiger partial charge in [0.25, 0.3) is 0 Å². The molecule has 0 aliphatic carbocycles. The SMILES string of the molecule is [CH2-][n+]1cccc2c3ccc4c(c3n(-c3cccc(Oc5cccc(-c6ccccn6)c5)c3)c21)C(C)(C)c1ccccc1O4. The summed E-state index contributed by atoms with van der Waals surface area (Å²) in [6.07, 6.45) is 3.79. The Morgan fingerprint density at radius 2 is 1.58 bits per heavy atom. The molecule has 8 rings (SSSR count). The van der Waals surface area contributed by atoms with Crippen molar-refractivity contribution in [1.82, 2.24) is 9.55 Å². The molecule has 0 N–H and O–H groups in total. The highest BCUT2D eigenvalue weighted by molar-refractivity contribution is 6.09. The van der Waals surface area contributed by atoms with Crippen molar-refractivity contribution in [3.63, 3.8) is 0 Å². The smallest absolute Gasteiger partial charge is 0.192 e. The summed E-state index contributed by atoms with van der Waals surface area (Å²) in [5.41, 5.74) is 6.99. The summed E-state index contributed by atoms with van der Waals surface area (Å²) in [5, 5.41) is 2.27. The van der Waals surface area contributed by atoms with E-state index in [4.69, 9.17) is 9.47 Å². The molecule has 0 fully saturated rings. The molecule has 0 amide bonds. The Bertz CT molecular complexity index is 2180. The normalized spacial score (nSPS) is 13.3. The lowest BCUT2D eigenvalue weighted by molar-refractivity contribution is -0.586. The van der Waals surface area contributed by atoms with Gasteiger partial charge in [-0.3, -0.25) is 4.98 Å². The zero-order chi connectivity index (χ0) is 29.1. The van der Waals surface area contributed by atoms with Crippen LogP contribution in [0.15, 0.2) is 128 Å². The van der Waals surface area contributed by atoms with E-state index in [9.17, 15) is 0 Å². The average Bonchev–Trinajstić information content (AvgIpc) is 3.37. The molecule has 3 aromatic heterocycles. The molecule has 4 heterocycles. The van der Waals surface area contributed by atoms with Crippen molar-refractivity contribution in [2.75, 3.05) is 0 Å². The molecule has 43 heavy (non-hydrogen) atoms. The lowest BCUT2D eigenvalue weighted by Gasteiger charge is -2.34. The van der Waals surface area contributed by atoms with E-state index in [1.54, 1.807) is 6.20 Å². The Balaban J connectivity index is 1.32. The van der Waals surface area contributed by atoms with Crippen LogP contribution in [-0.2, 0) is 5.41 Å². The van der Waals surface area contributed by atoms with Crippen molar-refractivity contribution < 1.29 is 14.0 Å². The van der Waals surface area contributed by atoms with Gasteiger partial charge in [0.05, 0.1) is 11.3 Å². The Morgan fingerprint density at radius 3 is 2.44 bits per heavy atom. The molecule has 5 heteroatoms. The maximum Gasteiger partial charge on any atom is 0.192 e. The Kier molecular flexibility index (Phi) is 5.56. The minimum absolute atomic E-state index is 0.304. The van der Waals surface area contributed by atoms with Crippen LogP contribution < -0.4 is 14.0 Å². The highest BCUT2D eigenvalue weighted by Gasteiger charge is 2.38. The number of nitrogens with zero attached hydrogens (tertiary/aromatic N) is 3. The van der Waals surface area contributed by atoms with Gasteiger partial charge < -0.3 is 14.0 Å². The lowest BCUT2D eigenvalue weighted by Crippen LogP contribution is -2.28. The van der Waals surface area contributed by atoms with Crippen LogP contribution in [0.1, 0.15) is 25.0 Å². The van der Waals surface area contributed by atoms with E-state index < -0.39 is 0 Å². The van der Waals surface area contributed by atoms with E-state index in [2.05, 4.69) is 72.9 Å². The zero-order valence-electron chi connectivity index (χ0n) is 24.0. The van der Waals surface area contributed by atoms with E-state index in [-0.39, 0.29) is 5.41 Å². The van der Waals surface area contributed by atoms with Crippen molar-refractivity contribution >= 4 is 21.9 Å². The fourth-order valence-electron chi connectivity index (χ4n) is 6.47. The predicted octanol–water partition coefficient (Wildman–Crippen LogP) is 9.00. The summed E-state index contributed by atoms with van der Waals surface area (Å²) in [6.45, 7) is 4.56. The maximum absolute atomic E-state index is 6.52. The van der Waals surface area contributed by atoms with Gasteiger partial charge in [0.15, 0.2) is 5.65 Å². The number of fused-ring (bicyclic) bond motifs is 6. The topological polar surface area (TPSA) is 40.2 Å². The third-order valence-corrected chi connectivity index (χ3v) is 8.42. The Labute approximate surface area is 250 Å². The second kappa shape index (κ2) is 9.50. The molecule has 5 nitrogen and oxygen atoms in total. The van der Waals surface area contributed by atoms with Crippen molar-refractivity contribution in [1.29, 1.82) is 0 Å². The lowest BCUT2D eigenvalue weighted by atomic mass is 9.75. The van der Waals surface area contributed by atoms with Gasteiger partial charge in [-0.2, -0.15) is 0 Å². The molecule has 0 unspecified atom stereocenters. The summed E-state index contributed by atoms with van der Waals surface area (Å²) in [7, 11) is 4.37. The molecule has 7 aromatic rings. The monoisotopic (exact) mass is 559 g/mol. The predicted molar refractivity (Wildman–Crippen MR) is 170 cm³/mol. The molecule has 1 aliphatic rings. The minimum atomic E-state index is -0.304. The molecule has 0 bridgehead atoms. The van der Waals surface area contributed by atoms with Crippen LogP contribution in [0.2, 0.25) is 0 Å². The first-order valence-corrected chi connectivity index (χ1v) is 14.4. The number of rotatable bonds is 4. The first-order chi connectivity index (χ1) is 21.0. The second-order valence-electron chi connectivity index (χ2n) is 11.5. The van der Waals surface area contributed by atoms with Crippen molar-refractivity contribution in [2.45, 2.75) is 19.3 Å². The van der Waals surface area contributed by atoms with Gasteiger partial charge >= 0.3 is 0 Å². The third-order valence-electron chi connectivity index (χ3n) is 8.42. The molecule has 208 valence electrons. The summed E-state index contributed by atoms with van der Waals surface area (Å²) < 4.78 is 17.2. The standard InChI is InChI=1S/C38H29N3O2/c1-38(2)31-16-4-5-18-33(31)43-34-20-19-29-30-15-10-22-40(3)37(30)41(36(29)35(34)38)26-12-9-14-28(24-26)42-27-13-8-11-25(23-27)32-17-6-7-21-39-32/h4-24H,3H2,1-2H3. The fraction of sp³-hybridized carbons (Fsp3) is 0.0789. The van der Waals surface area contributed by atoms with E-state index >= 15 is 0 Å². The van der Waals surface area contributed by atoms with Crippen molar-refractivity contribution in [3.05, 3.63) is 146 Å². The molecule has 0 saturated carbocycles. The summed E-state index contributed by atoms with van der Waals surface area (Å²) in [4.78, 5) is 4.49. The highest BCUT2D eigenvalue weighted by atomic mass is 16.5. The summed E-state index contributed by atoms with van der Waals surface area (Å²) in [6, 6.07) is 39.0. The number of ether oxygens (including phenoxy) is 2. The van der Waals surface area contributed by atoms with Crippen LogP contribution in [0.25, 0.3) is 38.9 Å². The average molecular weight is 560 g/mol. The second-order valence-corrected chi connectivity index (χ2v) is 11.5. The molecule has 0 spiro atoms. The third kappa shape index (κ3) is 3.97. The van der Waals surface area contributed by atoms with Gasteiger partial charge in [0, 0.05) is 39.6 Å². The number of aromatic nitrogens is 3. The van der Waals surface area contributed by atoms with E-state index in [1.807, 2.05) is 83.6 Å². The van der Waals surface area contributed by atoms with E-state index in [0.717, 1.165) is 67.4 Å². The molecule has 0 atom stereocenters. The quantitative estimate of drug-likeness (QED) is 0.160. The first kappa shape index (κ1) is 25.2. The first-order valence-electron chi connectivity index (χ1n) is 14.4. The number of pyridine rings is 2. The summed E-state index contributed by atoms with van der Waals surface area (Å²) >= 11 is 0. The molecule has 0 radical (unpaired) electrons. The fourth-order valence-corrected chi connectivity index (χ4v) is 6.47. The van der Waals surface area contributed by atoms with Crippen molar-refractivity contribution in [3.8, 4) is 39.9 Å². The van der Waals surface area contributed by atoms with Gasteiger partial charge in [-0.25, -0.2) is 4.57 Å². The largest absolute Gasteiger partial charge is 0.457 e. The number of hydrogen-bond acceptors (Lipinski definition) is 3. The van der Waals surface area contributed by atoms with Gasteiger partial charge in [-0.15, -0.1) is 0 Å². The molecular weight excluding hydrogens is 530 g/mol. The van der Waals surface area contributed by atoms with E-state index in [1.165, 1.54) is 5.56 Å². The van der Waals surface area contributed by atoms with Crippen LogP contribution in [0.4, 0.5) is 0 Å². The zero-order valence-corrected chi connectivity index (χ0v) is 24.0. The number of para-hydroxylation sites is 1. The van der Waals surface area contributed by atoms with E-state index in [0.29, 0.717) is 0 Å². The maximum atomic E-state index is 6.52. The molecule has 1 aliphatic heterocycles. The molecule has 0 saturated heterocycles. The van der Waals surface area contributed by atoms with Crippen LogP contribution in [0.3, 0.4) is 0 Å². The number of benzene rings is 4. The Morgan fingerprint density at radius 1 is 0.767 bits per heavy atom. The molecular formula is C38H29N3O2. The van der Waals surface area contributed by atoms with Crippen LogP contribution in [-0.4, -0.2) is 9.55 Å². The highest BCUT2D eigenvalue weighted by Crippen LogP contribution is 2.52. The van der Waals surface area contributed by atoms with Gasteiger partial charge in [0.1, 0.15) is 34.2 Å². The van der Waals surface area contributed by atoms with Crippen LogP contribution >= 0.6 is 0 Å². The van der Waals surface area contributed by atoms with Gasteiger partial charge in [-0.05, 0) is 67.8 Å². The Hall–Kier alpha value is -5.55. The number of hydrogen-bond donors (Lipinski definition) is 0. The summed E-state index contributed by atoms with van der Waals surface area (Å²) in [5.74, 6) is 3.26. The van der Waals surface area contributed by atoms with Crippen LogP contribution in [0.5, 0.6) is 23.0 Å².